The van der Waals surface area contributed by atoms with E-state index in [-0.39, 0.29) is 5.91 Å². The molecule has 0 spiro atoms. The normalized spacial score (nSPS) is 10.3. The molecule has 0 unspecified atom stereocenters. The first kappa shape index (κ1) is 11.8. The van der Waals surface area contributed by atoms with Crippen molar-refractivity contribution in [2.45, 2.75) is 39.0 Å². The summed E-state index contributed by atoms with van der Waals surface area (Å²) in [5.41, 5.74) is 0.829. The van der Waals surface area contributed by atoms with E-state index in [9.17, 15) is 4.79 Å². The second-order valence-corrected chi connectivity index (χ2v) is 3.74. The highest BCUT2D eigenvalue weighted by atomic mass is 16.3. The van der Waals surface area contributed by atoms with E-state index in [1.54, 1.807) is 30.5 Å². The van der Waals surface area contributed by atoms with Crippen molar-refractivity contribution in [3.05, 3.63) is 18.6 Å². The molecule has 0 saturated heterocycles. The topological polar surface area (TPSA) is 33.5 Å². The van der Waals surface area contributed by atoms with Crippen molar-refractivity contribution in [3.8, 4) is 0 Å². The van der Waals surface area contributed by atoms with Crippen LogP contribution in [0, 0.1) is 0 Å². The molecule has 0 N–H and O–H groups in total. The van der Waals surface area contributed by atoms with Crippen LogP contribution in [-0.4, -0.2) is 13.0 Å². The summed E-state index contributed by atoms with van der Waals surface area (Å²) >= 11 is 0. The summed E-state index contributed by atoms with van der Waals surface area (Å²) in [6.45, 7) is 2.17. The fraction of sp³-hybridized carbons (Fsp3) is 0.583. The SMILES string of the molecule is CCCCCCC(=O)N(C)c1ccoc1. The lowest BCUT2D eigenvalue weighted by atomic mass is 10.1. The number of carbonyl (C=O) groups is 1. The predicted octanol–water partition coefficient (Wildman–Crippen LogP) is 3.21. The first-order valence-electron chi connectivity index (χ1n) is 5.54. The first-order valence-corrected chi connectivity index (χ1v) is 5.54. The third-order valence-corrected chi connectivity index (χ3v) is 2.51. The fourth-order valence-corrected chi connectivity index (χ4v) is 1.46. The Morgan fingerprint density at radius 2 is 2.20 bits per heavy atom. The molecule has 1 amide bonds. The van der Waals surface area contributed by atoms with Gasteiger partial charge >= 0.3 is 0 Å². The Morgan fingerprint density at radius 3 is 2.80 bits per heavy atom. The fourth-order valence-electron chi connectivity index (χ4n) is 1.46. The first-order chi connectivity index (χ1) is 7.25. The van der Waals surface area contributed by atoms with Gasteiger partial charge < -0.3 is 9.32 Å². The van der Waals surface area contributed by atoms with E-state index in [0.29, 0.717) is 6.42 Å². The molecular formula is C12H19NO2. The summed E-state index contributed by atoms with van der Waals surface area (Å²) in [6, 6.07) is 1.80. The minimum Gasteiger partial charge on any atom is -0.470 e. The lowest BCUT2D eigenvalue weighted by Crippen LogP contribution is -2.25. The van der Waals surface area contributed by atoms with Crippen molar-refractivity contribution >= 4 is 11.6 Å². The van der Waals surface area contributed by atoms with Crippen molar-refractivity contribution in [3.63, 3.8) is 0 Å². The Balaban J connectivity index is 2.28. The number of unbranched alkanes of at least 4 members (excludes halogenated alkanes) is 3. The van der Waals surface area contributed by atoms with Gasteiger partial charge in [-0.3, -0.25) is 4.79 Å². The van der Waals surface area contributed by atoms with Crippen LogP contribution in [0.4, 0.5) is 5.69 Å². The van der Waals surface area contributed by atoms with Gasteiger partial charge in [0, 0.05) is 19.5 Å². The van der Waals surface area contributed by atoms with Gasteiger partial charge in [0.25, 0.3) is 0 Å². The zero-order chi connectivity index (χ0) is 11.1. The molecule has 0 bridgehead atoms. The van der Waals surface area contributed by atoms with Crippen LogP contribution < -0.4 is 4.90 Å². The van der Waals surface area contributed by atoms with Crippen LogP contribution >= 0.6 is 0 Å². The molecule has 0 aliphatic carbocycles. The second kappa shape index (κ2) is 6.27. The minimum atomic E-state index is 0.160. The summed E-state index contributed by atoms with van der Waals surface area (Å²) in [5, 5.41) is 0. The molecule has 0 radical (unpaired) electrons. The van der Waals surface area contributed by atoms with Crippen molar-refractivity contribution in [2.75, 3.05) is 11.9 Å². The zero-order valence-electron chi connectivity index (χ0n) is 9.53. The van der Waals surface area contributed by atoms with Crippen molar-refractivity contribution < 1.29 is 9.21 Å². The number of anilines is 1. The highest BCUT2D eigenvalue weighted by Gasteiger charge is 2.10. The molecule has 0 saturated carbocycles. The van der Waals surface area contributed by atoms with Gasteiger partial charge in [-0.2, -0.15) is 0 Å². The maximum Gasteiger partial charge on any atom is 0.226 e. The molecule has 0 atom stereocenters. The van der Waals surface area contributed by atoms with Crippen molar-refractivity contribution in [1.29, 1.82) is 0 Å². The maximum absolute atomic E-state index is 11.7. The molecule has 84 valence electrons. The molecule has 0 aromatic carbocycles. The standard InChI is InChI=1S/C12H19NO2/c1-3-4-5-6-7-12(14)13(2)11-8-9-15-10-11/h8-10H,3-7H2,1-2H3. The number of carbonyl (C=O) groups excluding carboxylic acids is 1. The van der Waals surface area contributed by atoms with Gasteiger partial charge in [-0.25, -0.2) is 0 Å². The molecule has 1 heterocycles. The number of hydrogen-bond donors (Lipinski definition) is 0. The van der Waals surface area contributed by atoms with Gasteiger partial charge in [0.05, 0.1) is 12.0 Å². The largest absolute Gasteiger partial charge is 0.470 e. The Morgan fingerprint density at radius 1 is 1.40 bits per heavy atom. The Labute approximate surface area is 91.1 Å². The van der Waals surface area contributed by atoms with Crippen LogP contribution in [0.5, 0.6) is 0 Å². The summed E-state index contributed by atoms with van der Waals surface area (Å²) in [7, 11) is 1.78. The average Bonchev–Trinajstić information content (AvgIpc) is 2.76. The van der Waals surface area contributed by atoms with Crippen LogP contribution in [0.15, 0.2) is 23.0 Å². The molecule has 1 aromatic rings. The molecule has 0 aliphatic heterocycles. The summed E-state index contributed by atoms with van der Waals surface area (Å²) in [6.07, 6.45) is 8.33. The van der Waals surface area contributed by atoms with E-state index >= 15 is 0 Å². The second-order valence-electron chi connectivity index (χ2n) is 3.74. The summed E-state index contributed by atoms with van der Waals surface area (Å²) in [4.78, 5) is 13.3. The Kier molecular flexibility index (Phi) is 4.95. The number of amides is 1. The Bertz CT molecular complexity index is 280. The third kappa shape index (κ3) is 3.78. The molecule has 1 aromatic heterocycles. The van der Waals surface area contributed by atoms with Gasteiger partial charge in [-0.15, -0.1) is 0 Å². The lowest BCUT2D eigenvalue weighted by molar-refractivity contribution is -0.118. The molecule has 3 heteroatoms. The van der Waals surface area contributed by atoms with Crippen LogP contribution in [-0.2, 0) is 4.79 Å². The molecule has 3 nitrogen and oxygen atoms in total. The highest BCUT2D eigenvalue weighted by molar-refractivity contribution is 5.92. The van der Waals surface area contributed by atoms with E-state index in [1.165, 1.54) is 12.8 Å². The Hall–Kier alpha value is -1.25. The summed E-state index contributed by atoms with van der Waals surface area (Å²) in [5.74, 6) is 0.160. The maximum atomic E-state index is 11.7. The number of rotatable bonds is 6. The van der Waals surface area contributed by atoms with E-state index in [0.717, 1.165) is 18.5 Å². The van der Waals surface area contributed by atoms with Crippen LogP contribution in [0.3, 0.4) is 0 Å². The van der Waals surface area contributed by atoms with Gasteiger partial charge in [0.15, 0.2) is 0 Å². The molecule has 1 rings (SSSR count). The average molecular weight is 209 g/mol. The van der Waals surface area contributed by atoms with Crippen LogP contribution in [0.1, 0.15) is 39.0 Å². The highest BCUT2D eigenvalue weighted by Crippen LogP contribution is 2.14. The van der Waals surface area contributed by atoms with Gasteiger partial charge in [-0.05, 0) is 6.42 Å². The zero-order valence-corrected chi connectivity index (χ0v) is 9.53. The molecule has 0 aliphatic rings. The molecule has 15 heavy (non-hydrogen) atoms. The molecular weight excluding hydrogens is 190 g/mol. The summed E-state index contributed by atoms with van der Waals surface area (Å²) < 4.78 is 4.93. The number of furan rings is 1. The molecule has 0 fully saturated rings. The minimum absolute atomic E-state index is 0.160. The third-order valence-electron chi connectivity index (χ3n) is 2.51. The van der Waals surface area contributed by atoms with Gasteiger partial charge in [0.2, 0.25) is 5.91 Å². The van der Waals surface area contributed by atoms with Crippen molar-refractivity contribution in [1.82, 2.24) is 0 Å². The quantitative estimate of drug-likeness (QED) is 0.674. The van der Waals surface area contributed by atoms with E-state index in [1.807, 2.05) is 0 Å². The van der Waals surface area contributed by atoms with E-state index in [2.05, 4.69) is 6.92 Å². The van der Waals surface area contributed by atoms with Crippen LogP contribution in [0.2, 0.25) is 0 Å². The predicted molar refractivity (Wildman–Crippen MR) is 60.9 cm³/mol. The number of nitrogens with zero attached hydrogens (tertiary/aromatic N) is 1. The van der Waals surface area contributed by atoms with Gasteiger partial charge in [0.1, 0.15) is 6.26 Å². The number of hydrogen-bond acceptors (Lipinski definition) is 2. The van der Waals surface area contributed by atoms with E-state index < -0.39 is 0 Å². The van der Waals surface area contributed by atoms with Crippen LogP contribution in [0.25, 0.3) is 0 Å². The van der Waals surface area contributed by atoms with Crippen molar-refractivity contribution in [2.24, 2.45) is 0 Å². The lowest BCUT2D eigenvalue weighted by Gasteiger charge is -2.14. The monoisotopic (exact) mass is 209 g/mol. The van der Waals surface area contributed by atoms with Gasteiger partial charge in [-0.1, -0.05) is 26.2 Å². The van der Waals surface area contributed by atoms with E-state index in [4.69, 9.17) is 4.42 Å². The smallest absolute Gasteiger partial charge is 0.226 e.